The molecule has 3 aromatic carbocycles. The highest BCUT2D eigenvalue weighted by Crippen LogP contribution is 2.31. The third-order valence-corrected chi connectivity index (χ3v) is 6.82. The average Bonchev–Trinajstić information content (AvgIpc) is 3.40. The molecule has 0 saturated carbocycles. The minimum absolute atomic E-state index is 0.276. The molecule has 0 fully saturated rings. The Labute approximate surface area is 231 Å². The Kier molecular flexibility index (Phi) is 7.77. The maximum Gasteiger partial charge on any atom is 0.270 e. The van der Waals surface area contributed by atoms with Crippen molar-refractivity contribution in [2.24, 2.45) is 7.05 Å². The first-order valence-corrected chi connectivity index (χ1v) is 12.8. The van der Waals surface area contributed by atoms with Gasteiger partial charge in [0.1, 0.15) is 17.6 Å². The SMILES string of the molecule is Cc1cnccc1-c1ccc(NC(=O)[C@@H](NC(=O)c2ccnn2C)C(c2ccccc2)c2ccccc2)cc1F. The van der Waals surface area contributed by atoms with Crippen molar-refractivity contribution in [1.82, 2.24) is 20.1 Å². The first-order valence-electron chi connectivity index (χ1n) is 12.8. The number of aryl methyl sites for hydroxylation is 2. The van der Waals surface area contributed by atoms with Gasteiger partial charge in [-0.3, -0.25) is 19.3 Å². The number of benzene rings is 3. The zero-order valence-electron chi connectivity index (χ0n) is 22.1. The number of nitrogens with one attached hydrogen (secondary N) is 2. The molecule has 2 heterocycles. The first kappa shape index (κ1) is 26.5. The maximum absolute atomic E-state index is 15.2. The molecule has 5 rings (SSSR count). The van der Waals surface area contributed by atoms with Crippen LogP contribution in [0.25, 0.3) is 11.1 Å². The lowest BCUT2D eigenvalue weighted by atomic mass is 9.84. The normalized spacial score (nSPS) is 11.7. The molecule has 0 spiro atoms. The van der Waals surface area contributed by atoms with Crippen molar-refractivity contribution in [3.05, 3.63) is 138 Å². The van der Waals surface area contributed by atoms with Crippen molar-refractivity contribution in [3.8, 4) is 11.1 Å². The Morgan fingerprint density at radius 1 is 0.850 bits per heavy atom. The van der Waals surface area contributed by atoms with Gasteiger partial charge in [-0.2, -0.15) is 5.10 Å². The number of amides is 2. The van der Waals surface area contributed by atoms with Gasteiger partial charge in [0.05, 0.1) is 0 Å². The van der Waals surface area contributed by atoms with Crippen LogP contribution < -0.4 is 10.6 Å². The second-order valence-electron chi connectivity index (χ2n) is 9.46. The number of hydrogen-bond acceptors (Lipinski definition) is 4. The zero-order chi connectivity index (χ0) is 28.1. The molecule has 2 aromatic heterocycles. The van der Waals surface area contributed by atoms with Crippen LogP contribution in [0.4, 0.5) is 10.1 Å². The summed E-state index contributed by atoms with van der Waals surface area (Å²) in [5.41, 5.74) is 4.23. The van der Waals surface area contributed by atoms with Gasteiger partial charge in [0, 0.05) is 42.8 Å². The molecule has 0 aliphatic heterocycles. The summed E-state index contributed by atoms with van der Waals surface area (Å²) in [5.74, 6) is -1.94. The largest absolute Gasteiger partial charge is 0.338 e. The molecule has 0 bridgehead atoms. The van der Waals surface area contributed by atoms with E-state index in [4.69, 9.17) is 0 Å². The van der Waals surface area contributed by atoms with Crippen molar-refractivity contribution in [2.45, 2.75) is 18.9 Å². The second kappa shape index (κ2) is 11.7. The van der Waals surface area contributed by atoms with Gasteiger partial charge in [-0.25, -0.2) is 4.39 Å². The minimum atomic E-state index is -1.03. The van der Waals surface area contributed by atoms with Crippen molar-refractivity contribution in [2.75, 3.05) is 5.32 Å². The summed E-state index contributed by atoms with van der Waals surface area (Å²) in [6.45, 7) is 1.86. The summed E-state index contributed by atoms with van der Waals surface area (Å²) in [5, 5.41) is 9.83. The van der Waals surface area contributed by atoms with E-state index in [1.54, 1.807) is 43.7 Å². The highest BCUT2D eigenvalue weighted by atomic mass is 19.1. The zero-order valence-corrected chi connectivity index (χ0v) is 22.1. The Morgan fingerprint density at radius 3 is 2.10 bits per heavy atom. The van der Waals surface area contributed by atoms with Gasteiger partial charge in [-0.05, 0) is 59.5 Å². The molecule has 200 valence electrons. The van der Waals surface area contributed by atoms with E-state index in [1.807, 2.05) is 67.6 Å². The number of aromatic nitrogens is 3. The fourth-order valence-corrected chi connectivity index (χ4v) is 4.82. The molecule has 0 aliphatic carbocycles. The van der Waals surface area contributed by atoms with E-state index in [0.29, 0.717) is 11.3 Å². The van der Waals surface area contributed by atoms with Crippen LogP contribution in [-0.2, 0) is 11.8 Å². The van der Waals surface area contributed by atoms with Crippen molar-refractivity contribution >= 4 is 17.5 Å². The van der Waals surface area contributed by atoms with E-state index in [1.165, 1.54) is 16.9 Å². The van der Waals surface area contributed by atoms with Crippen LogP contribution in [0, 0.1) is 12.7 Å². The molecule has 1 atom stereocenters. The summed E-state index contributed by atoms with van der Waals surface area (Å²) in [6.07, 6.45) is 4.80. The Morgan fingerprint density at radius 2 is 1.52 bits per heavy atom. The van der Waals surface area contributed by atoms with Gasteiger partial charge in [-0.1, -0.05) is 60.7 Å². The lowest BCUT2D eigenvalue weighted by Crippen LogP contribution is -2.48. The smallest absolute Gasteiger partial charge is 0.270 e. The predicted molar refractivity (Wildman–Crippen MR) is 152 cm³/mol. The topological polar surface area (TPSA) is 88.9 Å². The highest BCUT2D eigenvalue weighted by Gasteiger charge is 2.33. The standard InChI is InChI=1S/C32H28FN5O2/c1-21-20-34-17-15-25(21)26-14-13-24(19-27(26)33)36-32(40)30(37-31(39)28-16-18-35-38(28)2)29(22-9-5-3-6-10-22)23-11-7-4-8-12-23/h3-20,29-30H,1-2H3,(H,36,40)(H,37,39)/t30-/m0/s1. The number of rotatable bonds is 8. The molecule has 0 radical (unpaired) electrons. The Hall–Kier alpha value is -5.11. The van der Waals surface area contributed by atoms with Crippen molar-refractivity contribution < 1.29 is 14.0 Å². The van der Waals surface area contributed by atoms with Gasteiger partial charge in [0.15, 0.2) is 0 Å². The van der Waals surface area contributed by atoms with Crippen LogP contribution >= 0.6 is 0 Å². The summed E-state index contributed by atoms with van der Waals surface area (Å²) in [4.78, 5) is 31.3. The molecule has 2 amide bonds. The fourth-order valence-electron chi connectivity index (χ4n) is 4.82. The molecular weight excluding hydrogens is 505 g/mol. The molecule has 40 heavy (non-hydrogen) atoms. The lowest BCUT2D eigenvalue weighted by molar-refractivity contribution is -0.118. The molecule has 7 nitrogen and oxygen atoms in total. The maximum atomic E-state index is 15.2. The number of anilines is 1. The number of halogens is 1. The molecule has 2 N–H and O–H groups in total. The molecule has 5 aromatic rings. The number of carbonyl (C=O) groups excluding carboxylic acids is 2. The van der Waals surface area contributed by atoms with Crippen LogP contribution in [0.5, 0.6) is 0 Å². The number of carbonyl (C=O) groups is 2. The molecule has 0 unspecified atom stereocenters. The van der Waals surface area contributed by atoms with Crippen molar-refractivity contribution in [1.29, 1.82) is 0 Å². The summed E-state index contributed by atoms with van der Waals surface area (Å²) < 4.78 is 16.7. The average molecular weight is 534 g/mol. The van der Waals surface area contributed by atoms with Crippen LogP contribution in [0.1, 0.15) is 33.1 Å². The molecule has 0 saturated heterocycles. The van der Waals surface area contributed by atoms with Crippen LogP contribution in [0.3, 0.4) is 0 Å². The van der Waals surface area contributed by atoms with E-state index < -0.39 is 29.6 Å². The van der Waals surface area contributed by atoms with Crippen LogP contribution in [0.15, 0.2) is 110 Å². The van der Waals surface area contributed by atoms with Crippen LogP contribution in [-0.4, -0.2) is 32.6 Å². The van der Waals surface area contributed by atoms with Gasteiger partial charge in [-0.15, -0.1) is 0 Å². The van der Waals surface area contributed by atoms with Gasteiger partial charge in [0.25, 0.3) is 5.91 Å². The number of hydrogen-bond donors (Lipinski definition) is 2. The summed E-state index contributed by atoms with van der Waals surface area (Å²) in [7, 11) is 1.66. The van der Waals surface area contributed by atoms with Gasteiger partial charge >= 0.3 is 0 Å². The third kappa shape index (κ3) is 5.66. The third-order valence-electron chi connectivity index (χ3n) is 6.82. The Bertz CT molecular complexity index is 1600. The second-order valence-corrected chi connectivity index (χ2v) is 9.46. The first-order chi connectivity index (χ1) is 19.4. The monoisotopic (exact) mass is 533 g/mol. The van der Waals surface area contributed by atoms with Gasteiger partial charge < -0.3 is 10.6 Å². The predicted octanol–water partition coefficient (Wildman–Crippen LogP) is 5.50. The van der Waals surface area contributed by atoms with Crippen LogP contribution in [0.2, 0.25) is 0 Å². The van der Waals surface area contributed by atoms with Gasteiger partial charge in [0.2, 0.25) is 5.91 Å². The highest BCUT2D eigenvalue weighted by molar-refractivity contribution is 6.01. The summed E-state index contributed by atoms with van der Waals surface area (Å²) in [6, 6.07) is 25.9. The molecule has 0 aliphatic rings. The van der Waals surface area contributed by atoms with E-state index in [9.17, 15) is 9.59 Å². The Balaban J connectivity index is 1.51. The minimum Gasteiger partial charge on any atom is -0.338 e. The number of pyridine rings is 1. The summed E-state index contributed by atoms with van der Waals surface area (Å²) >= 11 is 0. The van der Waals surface area contributed by atoms with E-state index in [0.717, 1.165) is 22.3 Å². The lowest BCUT2D eigenvalue weighted by Gasteiger charge is -2.28. The molecule has 8 heteroatoms. The number of nitrogens with zero attached hydrogens (tertiary/aromatic N) is 3. The van der Waals surface area contributed by atoms with E-state index >= 15 is 4.39 Å². The van der Waals surface area contributed by atoms with Crippen molar-refractivity contribution in [3.63, 3.8) is 0 Å². The van der Waals surface area contributed by atoms with E-state index in [2.05, 4.69) is 20.7 Å². The van der Waals surface area contributed by atoms with E-state index in [-0.39, 0.29) is 5.69 Å². The quantitative estimate of drug-likeness (QED) is 0.276. The fraction of sp³-hybridized carbons (Fsp3) is 0.125. The molecular formula is C32H28FN5O2.